The molecule has 0 atom stereocenters. The first-order valence-corrected chi connectivity index (χ1v) is 6.75. The highest BCUT2D eigenvalue weighted by Crippen LogP contribution is 2.41. The van der Waals surface area contributed by atoms with Gasteiger partial charge < -0.3 is 16.0 Å². The summed E-state index contributed by atoms with van der Waals surface area (Å²) < 4.78 is 0. The van der Waals surface area contributed by atoms with Gasteiger partial charge in [0.25, 0.3) is 0 Å². The maximum atomic E-state index is 12.1. The van der Waals surface area contributed by atoms with Crippen LogP contribution in [-0.4, -0.2) is 42.0 Å². The van der Waals surface area contributed by atoms with Gasteiger partial charge in [0.1, 0.15) is 0 Å². The lowest BCUT2D eigenvalue weighted by Crippen LogP contribution is -2.54. The van der Waals surface area contributed by atoms with Crippen LogP contribution in [0.3, 0.4) is 0 Å². The lowest BCUT2D eigenvalue weighted by atomic mass is 9.68. The largest absolute Gasteiger partial charge is 0.392 e. The van der Waals surface area contributed by atoms with Crippen molar-refractivity contribution in [2.24, 2.45) is 11.1 Å². The molecule has 0 unspecified atom stereocenters. The smallest absolute Gasteiger partial charge is 0.233 e. The zero-order valence-corrected chi connectivity index (χ0v) is 11.2. The predicted molar refractivity (Wildman–Crippen MR) is 71.7 cm³/mol. The van der Waals surface area contributed by atoms with Gasteiger partial charge in [-0.1, -0.05) is 18.6 Å². The van der Waals surface area contributed by atoms with Crippen molar-refractivity contribution in [3.8, 4) is 0 Å². The summed E-state index contributed by atoms with van der Waals surface area (Å²) in [5.41, 5.74) is 5.15. The Labute approximate surface area is 108 Å². The van der Waals surface area contributed by atoms with Crippen molar-refractivity contribution in [3.05, 3.63) is 0 Å². The van der Waals surface area contributed by atoms with Gasteiger partial charge in [0, 0.05) is 19.1 Å². The van der Waals surface area contributed by atoms with Crippen LogP contribution in [0.1, 0.15) is 32.1 Å². The Bertz CT molecular complexity index is 324. The van der Waals surface area contributed by atoms with Gasteiger partial charge in [-0.15, -0.1) is 0 Å². The summed E-state index contributed by atoms with van der Waals surface area (Å²) in [4.78, 5) is 14.7. The molecule has 0 radical (unpaired) electrons. The highest BCUT2D eigenvalue weighted by molar-refractivity contribution is 7.80. The molecule has 17 heavy (non-hydrogen) atoms. The van der Waals surface area contributed by atoms with E-state index < -0.39 is 5.41 Å². The maximum absolute atomic E-state index is 12.1. The Hall–Kier alpha value is -0.680. The Morgan fingerprint density at radius 2 is 2.18 bits per heavy atom. The minimum atomic E-state index is -0.534. The molecule has 0 heterocycles. The van der Waals surface area contributed by atoms with E-state index in [0.717, 1.165) is 31.8 Å². The quantitative estimate of drug-likeness (QED) is 0.684. The van der Waals surface area contributed by atoms with Gasteiger partial charge in [-0.2, -0.15) is 0 Å². The number of carbonyl (C=O) groups excluding carboxylic acids is 1. The average Bonchev–Trinajstić information content (AvgIpc) is 2.97. The number of hydrogen-bond acceptors (Lipinski definition) is 3. The molecule has 96 valence electrons. The molecule has 5 heteroatoms. The minimum absolute atomic E-state index is 0.0282. The summed E-state index contributed by atoms with van der Waals surface area (Å²) >= 11 is 5.02. The number of carbonyl (C=O) groups is 1. The second kappa shape index (κ2) is 4.90. The first-order valence-electron chi connectivity index (χ1n) is 6.35. The molecule has 3 N–H and O–H groups in total. The van der Waals surface area contributed by atoms with Gasteiger partial charge in [-0.05, 0) is 32.7 Å². The van der Waals surface area contributed by atoms with Gasteiger partial charge in [0.15, 0.2) is 0 Å². The first kappa shape index (κ1) is 12.8. The van der Waals surface area contributed by atoms with Crippen molar-refractivity contribution in [1.29, 1.82) is 0 Å². The van der Waals surface area contributed by atoms with Crippen LogP contribution in [-0.2, 0) is 4.79 Å². The number of likely N-dealkylation sites (N-methyl/N-ethyl adjacent to an activating group) is 1. The number of nitrogens with zero attached hydrogens (tertiary/aromatic N) is 1. The monoisotopic (exact) mass is 255 g/mol. The van der Waals surface area contributed by atoms with Crippen molar-refractivity contribution in [3.63, 3.8) is 0 Å². The maximum Gasteiger partial charge on any atom is 0.233 e. The third kappa shape index (κ3) is 2.60. The van der Waals surface area contributed by atoms with Crippen LogP contribution in [0.25, 0.3) is 0 Å². The Kier molecular flexibility index (Phi) is 3.68. The summed E-state index contributed by atoms with van der Waals surface area (Å²) in [5.74, 6) is 0.0282. The summed E-state index contributed by atoms with van der Waals surface area (Å²) in [6, 6.07) is 0.736. The van der Waals surface area contributed by atoms with E-state index >= 15 is 0 Å². The second-order valence-corrected chi connectivity index (χ2v) is 5.71. The molecule has 0 bridgehead atoms. The number of rotatable bonds is 6. The van der Waals surface area contributed by atoms with Crippen LogP contribution in [0.15, 0.2) is 0 Å². The molecule has 0 aromatic rings. The number of thiocarbonyl (C=S) groups is 1. The molecule has 0 aromatic heterocycles. The number of amides is 1. The molecule has 0 spiro atoms. The van der Waals surface area contributed by atoms with E-state index in [2.05, 4.69) is 17.3 Å². The average molecular weight is 255 g/mol. The normalized spacial score (nSPS) is 22.0. The Morgan fingerprint density at radius 3 is 2.59 bits per heavy atom. The SMILES string of the molecule is CN(CCNC(=O)C1(C(N)=S)CCC1)C1CC1. The first-order chi connectivity index (χ1) is 8.06. The molecule has 1 amide bonds. The van der Waals surface area contributed by atoms with E-state index in [1.807, 2.05) is 0 Å². The van der Waals surface area contributed by atoms with Crippen LogP contribution in [0.5, 0.6) is 0 Å². The summed E-state index contributed by atoms with van der Waals surface area (Å²) in [5, 5.41) is 2.97. The van der Waals surface area contributed by atoms with Crippen molar-refractivity contribution < 1.29 is 4.79 Å². The highest BCUT2D eigenvalue weighted by Gasteiger charge is 2.46. The van der Waals surface area contributed by atoms with Gasteiger partial charge in [-0.25, -0.2) is 0 Å². The predicted octanol–water partition coefficient (Wildman–Crippen LogP) is 0.653. The summed E-state index contributed by atoms with van der Waals surface area (Å²) in [6.45, 7) is 1.60. The second-order valence-electron chi connectivity index (χ2n) is 5.27. The van der Waals surface area contributed by atoms with Crippen LogP contribution < -0.4 is 11.1 Å². The fourth-order valence-electron chi connectivity index (χ4n) is 2.33. The Balaban J connectivity index is 1.74. The van der Waals surface area contributed by atoms with E-state index in [1.54, 1.807) is 0 Å². The lowest BCUT2D eigenvalue weighted by molar-refractivity contribution is -0.130. The summed E-state index contributed by atoms with van der Waals surface area (Å²) in [6.07, 6.45) is 5.26. The highest BCUT2D eigenvalue weighted by atomic mass is 32.1. The van der Waals surface area contributed by atoms with Crippen LogP contribution >= 0.6 is 12.2 Å². The third-order valence-corrected chi connectivity index (χ3v) is 4.42. The number of hydrogen-bond donors (Lipinski definition) is 2. The van der Waals surface area contributed by atoms with Crippen LogP contribution in [0.4, 0.5) is 0 Å². The van der Waals surface area contributed by atoms with Crippen LogP contribution in [0.2, 0.25) is 0 Å². The molecular weight excluding hydrogens is 234 g/mol. The van der Waals surface area contributed by atoms with E-state index in [4.69, 9.17) is 18.0 Å². The van der Waals surface area contributed by atoms with Gasteiger partial charge in [0.05, 0.1) is 10.4 Å². The molecule has 0 aromatic carbocycles. The molecule has 4 nitrogen and oxygen atoms in total. The molecule has 2 aliphatic carbocycles. The molecule has 0 aliphatic heterocycles. The van der Waals surface area contributed by atoms with E-state index in [1.165, 1.54) is 12.8 Å². The number of nitrogens with two attached hydrogens (primary N) is 1. The van der Waals surface area contributed by atoms with E-state index in [-0.39, 0.29) is 5.91 Å². The van der Waals surface area contributed by atoms with Crippen LogP contribution in [0, 0.1) is 5.41 Å². The van der Waals surface area contributed by atoms with Crippen molar-refractivity contribution >= 4 is 23.1 Å². The van der Waals surface area contributed by atoms with E-state index in [0.29, 0.717) is 11.5 Å². The number of nitrogens with one attached hydrogen (secondary N) is 1. The van der Waals surface area contributed by atoms with Gasteiger partial charge in [0.2, 0.25) is 5.91 Å². The molecule has 2 saturated carbocycles. The molecule has 2 rings (SSSR count). The molecular formula is C12H21N3OS. The summed E-state index contributed by atoms with van der Waals surface area (Å²) in [7, 11) is 2.11. The van der Waals surface area contributed by atoms with Crippen molar-refractivity contribution in [2.45, 2.75) is 38.1 Å². The lowest BCUT2D eigenvalue weighted by Gasteiger charge is -2.39. The zero-order chi connectivity index (χ0) is 12.5. The molecule has 2 fully saturated rings. The molecule has 2 aliphatic rings. The van der Waals surface area contributed by atoms with Crippen molar-refractivity contribution in [1.82, 2.24) is 10.2 Å². The van der Waals surface area contributed by atoms with Gasteiger partial charge in [-0.3, -0.25) is 4.79 Å². The fourth-order valence-corrected chi connectivity index (χ4v) is 2.63. The van der Waals surface area contributed by atoms with E-state index in [9.17, 15) is 4.79 Å². The van der Waals surface area contributed by atoms with Crippen molar-refractivity contribution in [2.75, 3.05) is 20.1 Å². The molecule has 0 saturated heterocycles. The topological polar surface area (TPSA) is 58.4 Å². The minimum Gasteiger partial charge on any atom is -0.392 e. The Morgan fingerprint density at radius 1 is 1.53 bits per heavy atom. The zero-order valence-electron chi connectivity index (χ0n) is 10.4. The standard InChI is InChI=1S/C12H21N3OS/c1-15(9-3-4-9)8-7-14-11(16)12(10(13)17)5-2-6-12/h9H,2-8H2,1H3,(H2,13,17)(H,14,16). The van der Waals surface area contributed by atoms with Gasteiger partial charge >= 0.3 is 0 Å². The third-order valence-electron chi connectivity index (χ3n) is 4.03. The fraction of sp³-hybridized carbons (Fsp3) is 0.833.